The van der Waals surface area contributed by atoms with Crippen molar-refractivity contribution in [2.75, 3.05) is 13.1 Å². The molecule has 3 amide bonds. The van der Waals surface area contributed by atoms with Crippen molar-refractivity contribution in [3.05, 3.63) is 24.2 Å². The number of nitrogens with zero attached hydrogens (tertiary/aromatic N) is 1. The molecular weight excluding hydrogens is 334 g/mol. The summed E-state index contributed by atoms with van der Waals surface area (Å²) < 4.78 is 5.14. The van der Waals surface area contributed by atoms with Crippen LogP contribution in [-0.4, -0.2) is 47.8 Å². The van der Waals surface area contributed by atoms with E-state index in [0.717, 1.165) is 19.3 Å². The molecule has 0 spiro atoms. The molecule has 1 saturated carbocycles. The summed E-state index contributed by atoms with van der Waals surface area (Å²) in [5.74, 6) is -0.237. The zero-order chi connectivity index (χ0) is 18.4. The summed E-state index contributed by atoms with van der Waals surface area (Å²) in [7, 11) is 0. The second-order valence-corrected chi connectivity index (χ2v) is 7.08. The highest BCUT2D eigenvalue weighted by atomic mass is 16.3. The second-order valence-electron chi connectivity index (χ2n) is 7.08. The smallest absolute Gasteiger partial charge is 0.290 e. The molecule has 1 saturated heterocycles. The number of nitrogens with one attached hydrogen (secondary N) is 2. The van der Waals surface area contributed by atoms with E-state index < -0.39 is 6.04 Å². The zero-order valence-corrected chi connectivity index (χ0v) is 15.0. The normalized spacial score (nSPS) is 20.8. The predicted octanol–water partition coefficient (Wildman–Crippen LogP) is 1.84. The molecule has 2 heterocycles. The molecule has 0 unspecified atom stereocenters. The summed E-state index contributed by atoms with van der Waals surface area (Å²) in [5, 5.41) is 5.84. The van der Waals surface area contributed by atoms with Crippen molar-refractivity contribution in [2.24, 2.45) is 0 Å². The van der Waals surface area contributed by atoms with Crippen LogP contribution in [0.3, 0.4) is 0 Å². The molecule has 0 radical (unpaired) electrons. The summed E-state index contributed by atoms with van der Waals surface area (Å²) in [5.41, 5.74) is 0. The number of furan rings is 1. The van der Waals surface area contributed by atoms with E-state index in [2.05, 4.69) is 10.6 Å². The maximum absolute atomic E-state index is 12.4. The van der Waals surface area contributed by atoms with Gasteiger partial charge in [0.15, 0.2) is 5.76 Å². The Morgan fingerprint density at radius 1 is 1.12 bits per heavy atom. The van der Waals surface area contributed by atoms with Crippen LogP contribution in [-0.2, 0) is 9.59 Å². The maximum atomic E-state index is 12.4. The van der Waals surface area contributed by atoms with Crippen molar-refractivity contribution < 1.29 is 18.8 Å². The second kappa shape index (κ2) is 8.87. The van der Waals surface area contributed by atoms with Gasteiger partial charge in [0, 0.05) is 25.6 Å². The average molecular weight is 361 g/mol. The molecule has 0 aromatic carbocycles. The van der Waals surface area contributed by atoms with Crippen LogP contribution >= 0.6 is 0 Å². The van der Waals surface area contributed by atoms with Crippen LogP contribution in [0.25, 0.3) is 0 Å². The Bertz CT molecular complexity index is 623. The van der Waals surface area contributed by atoms with Crippen molar-refractivity contribution in [3.8, 4) is 0 Å². The predicted molar refractivity (Wildman–Crippen MR) is 95.4 cm³/mol. The lowest BCUT2D eigenvalue weighted by Crippen LogP contribution is -2.46. The highest BCUT2D eigenvalue weighted by Crippen LogP contribution is 2.20. The first kappa shape index (κ1) is 18.5. The third kappa shape index (κ3) is 4.65. The minimum atomic E-state index is -0.492. The van der Waals surface area contributed by atoms with Gasteiger partial charge in [-0.25, -0.2) is 0 Å². The first-order valence-corrected chi connectivity index (χ1v) is 9.56. The molecule has 2 fully saturated rings. The molecule has 1 aromatic rings. The Hall–Kier alpha value is -2.31. The Balaban J connectivity index is 1.42. The van der Waals surface area contributed by atoms with Gasteiger partial charge in [0.25, 0.3) is 5.91 Å². The van der Waals surface area contributed by atoms with Crippen LogP contribution in [0.2, 0.25) is 0 Å². The molecule has 1 atom stereocenters. The number of hydrogen-bond acceptors (Lipinski definition) is 4. The van der Waals surface area contributed by atoms with Crippen LogP contribution in [0.1, 0.15) is 61.9 Å². The quantitative estimate of drug-likeness (QED) is 0.809. The van der Waals surface area contributed by atoms with Crippen LogP contribution < -0.4 is 10.6 Å². The van der Waals surface area contributed by atoms with Crippen molar-refractivity contribution in [1.29, 1.82) is 0 Å². The molecule has 1 aliphatic carbocycles. The van der Waals surface area contributed by atoms with E-state index in [0.29, 0.717) is 13.0 Å². The fourth-order valence-corrected chi connectivity index (χ4v) is 3.79. The van der Waals surface area contributed by atoms with Gasteiger partial charge in [0.2, 0.25) is 11.8 Å². The van der Waals surface area contributed by atoms with E-state index in [4.69, 9.17) is 4.42 Å². The molecule has 1 aromatic heterocycles. The fourth-order valence-electron chi connectivity index (χ4n) is 3.79. The van der Waals surface area contributed by atoms with Crippen molar-refractivity contribution in [3.63, 3.8) is 0 Å². The molecule has 3 rings (SSSR count). The monoisotopic (exact) mass is 361 g/mol. The first-order valence-electron chi connectivity index (χ1n) is 9.56. The van der Waals surface area contributed by atoms with Crippen LogP contribution in [0.4, 0.5) is 0 Å². The van der Waals surface area contributed by atoms with Gasteiger partial charge in [-0.3, -0.25) is 14.4 Å². The lowest BCUT2D eigenvalue weighted by Gasteiger charge is -2.24. The summed E-state index contributed by atoms with van der Waals surface area (Å²) in [6, 6.07) is 3.05. The Labute approximate surface area is 153 Å². The molecule has 7 heteroatoms. The zero-order valence-electron chi connectivity index (χ0n) is 15.0. The van der Waals surface area contributed by atoms with E-state index >= 15 is 0 Å². The number of carbonyl (C=O) groups is 3. The average Bonchev–Trinajstić information content (AvgIpc) is 3.34. The molecule has 26 heavy (non-hydrogen) atoms. The van der Waals surface area contributed by atoms with Crippen LogP contribution in [0, 0.1) is 0 Å². The van der Waals surface area contributed by atoms with Gasteiger partial charge in [-0.05, 0) is 37.8 Å². The minimum absolute atomic E-state index is 0.0212. The highest BCUT2D eigenvalue weighted by Gasteiger charge is 2.35. The summed E-state index contributed by atoms with van der Waals surface area (Å²) in [4.78, 5) is 38.4. The highest BCUT2D eigenvalue weighted by molar-refractivity contribution is 5.96. The van der Waals surface area contributed by atoms with E-state index in [1.54, 1.807) is 17.0 Å². The molecule has 1 aliphatic heterocycles. The van der Waals surface area contributed by atoms with Gasteiger partial charge in [-0.1, -0.05) is 19.3 Å². The Morgan fingerprint density at radius 3 is 2.65 bits per heavy atom. The van der Waals surface area contributed by atoms with Crippen LogP contribution in [0.5, 0.6) is 0 Å². The van der Waals surface area contributed by atoms with Crippen LogP contribution in [0.15, 0.2) is 22.8 Å². The lowest BCUT2D eigenvalue weighted by molar-refractivity contribution is -0.125. The molecule has 2 N–H and O–H groups in total. The summed E-state index contributed by atoms with van der Waals surface area (Å²) in [6.07, 6.45) is 8.81. The van der Waals surface area contributed by atoms with E-state index in [-0.39, 0.29) is 42.5 Å². The maximum Gasteiger partial charge on any atom is 0.290 e. The number of carbonyl (C=O) groups excluding carboxylic acids is 3. The Kier molecular flexibility index (Phi) is 6.30. The van der Waals surface area contributed by atoms with Crippen molar-refractivity contribution in [2.45, 2.75) is 63.5 Å². The fraction of sp³-hybridized carbons (Fsp3) is 0.632. The van der Waals surface area contributed by atoms with Gasteiger partial charge in [-0.2, -0.15) is 0 Å². The molecule has 7 nitrogen and oxygen atoms in total. The Morgan fingerprint density at radius 2 is 1.92 bits per heavy atom. The number of hydrogen-bond donors (Lipinski definition) is 2. The largest absolute Gasteiger partial charge is 0.459 e. The summed E-state index contributed by atoms with van der Waals surface area (Å²) >= 11 is 0. The molecular formula is C19H27N3O4. The molecule has 142 valence electrons. The van der Waals surface area contributed by atoms with Crippen molar-refractivity contribution in [1.82, 2.24) is 15.5 Å². The van der Waals surface area contributed by atoms with E-state index in [1.165, 1.54) is 25.5 Å². The lowest BCUT2D eigenvalue weighted by atomic mass is 9.95. The van der Waals surface area contributed by atoms with Crippen molar-refractivity contribution >= 4 is 17.7 Å². The van der Waals surface area contributed by atoms with E-state index in [1.807, 2.05) is 0 Å². The third-order valence-corrected chi connectivity index (χ3v) is 5.17. The van der Waals surface area contributed by atoms with E-state index in [9.17, 15) is 14.4 Å². The molecule has 2 aliphatic rings. The summed E-state index contributed by atoms with van der Waals surface area (Å²) in [6.45, 7) is 0.830. The van der Waals surface area contributed by atoms with Gasteiger partial charge >= 0.3 is 0 Å². The molecule has 0 bridgehead atoms. The first-order chi connectivity index (χ1) is 12.6. The standard InChI is InChI=1S/C19H27N3O4/c23-17(21-14-6-2-1-3-7-14)10-11-20-18(24)15-8-4-12-22(15)19(25)16-9-5-13-26-16/h5,9,13-15H,1-4,6-8,10-12H2,(H,20,24)(H,21,23)/t15-/m0/s1. The number of amides is 3. The van der Waals surface area contributed by atoms with Gasteiger partial charge < -0.3 is 20.0 Å². The SMILES string of the molecule is O=C(CCNC(=O)[C@@H]1CCCN1C(=O)c1ccco1)NC1CCCCC1. The topological polar surface area (TPSA) is 91.7 Å². The number of likely N-dealkylation sites (tertiary alicyclic amines) is 1. The van der Waals surface area contributed by atoms with Gasteiger partial charge in [-0.15, -0.1) is 0 Å². The third-order valence-electron chi connectivity index (χ3n) is 5.17. The van der Waals surface area contributed by atoms with Gasteiger partial charge in [0.1, 0.15) is 6.04 Å². The number of rotatable bonds is 6. The van der Waals surface area contributed by atoms with Gasteiger partial charge in [0.05, 0.1) is 6.26 Å². The minimum Gasteiger partial charge on any atom is -0.459 e.